The molecule has 0 heterocycles. The summed E-state index contributed by atoms with van der Waals surface area (Å²) in [6, 6.07) is 0. The molecule has 10 heteroatoms. The van der Waals surface area contributed by atoms with Gasteiger partial charge in [0.1, 0.15) is 0 Å². The van der Waals surface area contributed by atoms with Crippen molar-refractivity contribution < 1.29 is 38.2 Å². The average Bonchev–Trinajstić information content (AvgIpc) is 2.35. The summed E-state index contributed by atoms with van der Waals surface area (Å²) in [7, 11) is -7.55. The third kappa shape index (κ3) is 13.8. The van der Waals surface area contributed by atoms with Crippen molar-refractivity contribution in [1.29, 1.82) is 0 Å². The maximum atomic E-state index is 10.8. The number of aliphatic hydroxyl groups is 2. The SMILES string of the molecule is C=CP(=O)(O)OCCOP(=O)(O)C=C.OCCO. The molecule has 2 atom stereocenters. The molecule has 8 nitrogen and oxygen atoms in total. The van der Waals surface area contributed by atoms with Crippen LogP contribution in [-0.4, -0.2) is 46.4 Å². The van der Waals surface area contributed by atoms with Crippen molar-refractivity contribution in [2.75, 3.05) is 26.4 Å². The Morgan fingerprint density at radius 2 is 1.17 bits per heavy atom. The predicted molar refractivity (Wildman–Crippen MR) is 66.1 cm³/mol. The van der Waals surface area contributed by atoms with Gasteiger partial charge in [-0.05, 0) is 0 Å². The molecule has 0 aliphatic carbocycles. The summed E-state index contributed by atoms with van der Waals surface area (Å²) in [6.45, 7) is 5.34. The highest BCUT2D eigenvalue weighted by Gasteiger charge is 2.16. The fraction of sp³-hybridized carbons (Fsp3) is 0.500. The third-order valence-corrected chi connectivity index (χ3v) is 3.23. The van der Waals surface area contributed by atoms with Gasteiger partial charge in [-0.1, -0.05) is 13.2 Å². The lowest BCUT2D eigenvalue weighted by Gasteiger charge is -2.09. The molecule has 0 aromatic rings. The van der Waals surface area contributed by atoms with Crippen molar-refractivity contribution in [1.82, 2.24) is 0 Å². The van der Waals surface area contributed by atoms with Gasteiger partial charge in [0.2, 0.25) is 0 Å². The lowest BCUT2D eigenvalue weighted by Crippen LogP contribution is -2.00. The van der Waals surface area contributed by atoms with Crippen LogP contribution < -0.4 is 0 Å². The van der Waals surface area contributed by atoms with Gasteiger partial charge in [-0.3, -0.25) is 9.13 Å². The predicted octanol–water partition coefficient (Wildman–Crippen LogP) is 0.648. The van der Waals surface area contributed by atoms with E-state index < -0.39 is 15.2 Å². The van der Waals surface area contributed by atoms with Crippen LogP contribution in [0.3, 0.4) is 0 Å². The molecule has 0 amide bonds. The van der Waals surface area contributed by atoms with E-state index in [4.69, 9.17) is 20.0 Å². The van der Waals surface area contributed by atoms with E-state index in [0.717, 1.165) is 11.6 Å². The maximum Gasteiger partial charge on any atom is 0.351 e. The molecule has 0 rings (SSSR count). The lowest BCUT2D eigenvalue weighted by molar-refractivity contribution is 0.186. The van der Waals surface area contributed by atoms with Gasteiger partial charge in [0, 0.05) is 11.6 Å². The Morgan fingerprint density at radius 1 is 0.889 bits per heavy atom. The van der Waals surface area contributed by atoms with Crippen molar-refractivity contribution in [2.45, 2.75) is 0 Å². The molecule has 108 valence electrons. The standard InChI is InChI=1S/C6H12O6P2.C2H6O2/c1-3-13(7,8)11-5-6-12-14(9,10)4-2;3-1-2-4/h3-4H,1-2,5-6H2,(H,7,8)(H,9,10);3-4H,1-2H2. The van der Waals surface area contributed by atoms with Gasteiger partial charge in [0.15, 0.2) is 0 Å². The van der Waals surface area contributed by atoms with Crippen LogP contribution in [0.1, 0.15) is 0 Å². The molecule has 0 saturated heterocycles. The van der Waals surface area contributed by atoms with Crippen LogP contribution in [0.4, 0.5) is 0 Å². The van der Waals surface area contributed by atoms with E-state index in [1.165, 1.54) is 0 Å². The minimum absolute atomic E-state index is 0.125. The summed E-state index contributed by atoms with van der Waals surface area (Å²) in [5, 5.41) is 15.2. The minimum atomic E-state index is -3.78. The number of aliphatic hydroxyl groups excluding tert-OH is 2. The summed E-state index contributed by atoms with van der Waals surface area (Å²) in [5.41, 5.74) is 0. The van der Waals surface area contributed by atoms with Crippen LogP contribution in [0.15, 0.2) is 24.8 Å². The van der Waals surface area contributed by atoms with E-state index in [9.17, 15) is 9.13 Å². The summed E-state index contributed by atoms with van der Waals surface area (Å²) >= 11 is 0. The Hall–Kier alpha value is -0.300. The highest BCUT2D eigenvalue weighted by molar-refractivity contribution is 7.56. The van der Waals surface area contributed by atoms with Crippen LogP contribution in [0.5, 0.6) is 0 Å². The van der Waals surface area contributed by atoms with E-state index in [-0.39, 0.29) is 26.4 Å². The molecule has 0 bridgehead atoms. The number of rotatable bonds is 8. The Bertz CT molecular complexity index is 297. The second-order valence-electron chi connectivity index (χ2n) is 2.61. The first-order chi connectivity index (χ1) is 8.24. The van der Waals surface area contributed by atoms with Gasteiger partial charge in [-0.25, -0.2) is 0 Å². The van der Waals surface area contributed by atoms with Gasteiger partial charge in [-0.2, -0.15) is 0 Å². The zero-order chi connectivity index (χ0) is 14.7. The Morgan fingerprint density at radius 3 is 1.33 bits per heavy atom. The maximum absolute atomic E-state index is 10.8. The van der Waals surface area contributed by atoms with Crippen molar-refractivity contribution in [3.8, 4) is 0 Å². The molecule has 0 aromatic carbocycles. The Labute approximate surface area is 105 Å². The summed E-state index contributed by atoms with van der Waals surface area (Å²) < 4.78 is 30.4. The molecule has 18 heavy (non-hydrogen) atoms. The molecule has 0 fully saturated rings. The van der Waals surface area contributed by atoms with E-state index in [1.807, 2.05) is 0 Å². The van der Waals surface area contributed by atoms with Crippen LogP contribution in [-0.2, 0) is 18.2 Å². The number of hydrogen-bond acceptors (Lipinski definition) is 6. The van der Waals surface area contributed by atoms with E-state index in [2.05, 4.69) is 22.2 Å². The topological polar surface area (TPSA) is 134 Å². The summed E-state index contributed by atoms with van der Waals surface area (Å²) in [5.74, 6) is 1.53. The largest absolute Gasteiger partial charge is 0.394 e. The van der Waals surface area contributed by atoms with Gasteiger partial charge >= 0.3 is 15.2 Å². The first-order valence-electron chi connectivity index (χ1n) is 4.67. The first kappa shape index (κ1) is 20.0. The Balaban J connectivity index is 0. The molecular weight excluding hydrogens is 286 g/mol. The highest BCUT2D eigenvalue weighted by atomic mass is 31.2. The monoisotopic (exact) mass is 304 g/mol. The van der Waals surface area contributed by atoms with Crippen molar-refractivity contribution >= 4 is 15.2 Å². The van der Waals surface area contributed by atoms with Crippen LogP contribution in [0.25, 0.3) is 0 Å². The van der Waals surface area contributed by atoms with Crippen molar-refractivity contribution in [2.24, 2.45) is 0 Å². The number of hydrogen-bond donors (Lipinski definition) is 4. The third-order valence-electron chi connectivity index (χ3n) is 1.20. The fourth-order valence-electron chi connectivity index (χ4n) is 0.442. The molecule has 0 aliphatic heterocycles. The molecule has 0 aromatic heterocycles. The van der Waals surface area contributed by atoms with Crippen LogP contribution in [0.2, 0.25) is 0 Å². The van der Waals surface area contributed by atoms with Gasteiger partial charge in [-0.15, -0.1) is 0 Å². The molecular formula is C8H18O8P2. The second kappa shape index (κ2) is 10.6. The molecule has 0 aliphatic rings. The Kier molecular flexibility index (Phi) is 11.8. The molecule has 4 N–H and O–H groups in total. The highest BCUT2D eigenvalue weighted by Crippen LogP contribution is 2.44. The normalized spacial score (nSPS) is 16.7. The molecule has 0 saturated carbocycles. The average molecular weight is 304 g/mol. The zero-order valence-electron chi connectivity index (χ0n) is 9.71. The first-order valence-corrected chi connectivity index (χ1v) is 7.97. The molecule has 2 unspecified atom stereocenters. The lowest BCUT2D eigenvalue weighted by atomic mass is 10.8. The van der Waals surface area contributed by atoms with E-state index in [0.29, 0.717) is 0 Å². The van der Waals surface area contributed by atoms with Crippen LogP contribution in [0, 0.1) is 0 Å². The smallest absolute Gasteiger partial charge is 0.351 e. The fourth-order valence-corrected chi connectivity index (χ4v) is 1.32. The van der Waals surface area contributed by atoms with Gasteiger partial charge in [0.25, 0.3) is 0 Å². The van der Waals surface area contributed by atoms with Crippen molar-refractivity contribution in [3.05, 3.63) is 24.8 Å². The van der Waals surface area contributed by atoms with Gasteiger partial charge < -0.3 is 29.0 Å². The van der Waals surface area contributed by atoms with Gasteiger partial charge in [0.05, 0.1) is 26.4 Å². The quantitative estimate of drug-likeness (QED) is 0.379. The summed E-state index contributed by atoms with van der Waals surface area (Å²) in [4.78, 5) is 17.6. The minimum Gasteiger partial charge on any atom is -0.394 e. The second-order valence-corrected chi connectivity index (χ2v) is 6.11. The van der Waals surface area contributed by atoms with Crippen LogP contribution >= 0.6 is 15.2 Å². The van der Waals surface area contributed by atoms with E-state index >= 15 is 0 Å². The molecule has 0 spiro atoms. The summed E-state index contributed by atoms with van der Waals surface area (Å²) in [6.07, 6.45) is 0. The van der Waals surface area contributed by atoms with Crippen molar-refractivity contribution in [3.63, 3.8) is 0 Å². The zero-order valence-corrected chi connectivity index (χ0v) is 11.5. The molecule has 0 radical (unpaired) electrons. The van der Waals surface area contributed by atoms with E-state index in [1.54, 1.807) is 0 Å².